The highest BCUT2D eigenvalue weighted by Crippen LogP contribution is 2.40. The van der Waals surface area contributed by atoms with Crippen LogP contribution in [-0.4, -0.2) is 75.4 Å². The SMILES string of the molecule is CCn1nc(C)cc1C(=O)Cc1nc2cc(C(N)=O)cc3c2n1[C@@H](C/C=C/C[C@H]1COc2cc(C(N)=O)cc4nc(NC(=O)c5cc(C)nn5CC)n1c24)CO3. The van der Waals surface area contributed by atoms with Gasteiger partial charge in [-0.1, -0.05) is 12.2 Å². The number of ketones is 1. The van der Waals surface area contributed by atoms with Crippen LogP contribution in [-0.2, 0) is 19.5 Å². The molecule has 5 N–H and O–H groups in total. The van der Waals surface area contributed by atoms with Crippen LogP contribution in [0, 0.1) is 13.8 Å². The third kappa shape index (κ3) is 6.33. The molecule has 6 heterocycles. The zero-order valence-corrected chi connectivity index (χ0v) is 31.4. The number of nitrogens with two attached hydrogens (primary N) is 2. The summed E-state index contributed by atoms with van der Waals surface area (Å²) in [6, 6.07) is 9.43. The van der Waals surface area contributed by atoms with Gasteiger partial charge in [0, 0.05) is 24.2 Å². The Kier molecular flexibility index (Phi) is 9.14. The number of imidazole rings is 2. The lowest BCUT2D eigenvalue weighted by Gasteiger charge is -2.27. The van der Waals surface area contributed by atoms with E-state index in [-0.39, 0.29) is 54.5 Å². The largest absolute Gasteiger partial charge is 0.489 e. The van der Waals surface area contributed by atoms with Crippen LogP contribution in [0.25, 0.3) is 22.1 Å². The first-order valence-corrected chi connectivity index (χ1v) is 18.5. The number of Topliss-reactive ketones (excluding diaryl/α,β-unsaturated/α-hetero) is 1. The van der Waals surface area contributed by atoms with Crippen LogP contribution in [0.2, 0.25) is 0 Å². The molecule has 6 aromatic rings. The van der Waals surface area contributed by atoms with E-state index in [2.05, 4.69) is 15.5 Å². The van der Waals surface area contributed by atoms with Gasteiger partial charge in [-0.05, 0) is 76.9 Å². The van der Waals surface area contributed by atoms with Crippen LogP contribution >= 0.6 is 0 Å². The van der Waals surface area contributed by atoms with Crippen LogP contribution in [0.4, 0.5) is 5.95 Å². The Morgan fingerprint density at radius 1 is 0.750 bits per heavy atom. The van der Waals surface area contributed by atoms with Gasteiger partial charge >= 0.3 is 0 Å². The van der Waals surface area contributed by atoms with Crippen molar-refractivity contribution >= 4 is 51.5 Å². The summed E-state index contributed by atoms with van der Waals surface area (Å²) in [7, 11) is 0. The van der Waals surface area contributed by atoms with Crippen molar-refractivity contribution in [3.8, 4) is 11.5 Å². The zero-order valence-electron chi connectivity index (χ0n) is 31.4. The van der Waals surface area contributed by atoms with Crippen molar-refractivity contribution in [1.82, 2.24) is 38.7 Å². The van der Waals surface area contributed by atoms with Crippen molar-refractivity contribution < 1.29 is 28.7 Å². The summed E-state index contributed by atoms with van der Waals surface area (Å²) >= 11 is 0. The Labute approximate surface area is 320 Å². The summed E-state index contributed by atoms with van der Waals surface area (Å²) < 4.78 is 19.6. The molecule has 2 atom stereocenters. The van der Waals surface area contributed by atoms with Gasteiger partial charge in [-0.25, -0.2) is 9.97 Å². The second kappa shape index (κ2) is 14.1. The lowest BCUT2D eigenvalue weighted by molar-refractivity contribution is 0.0973. The molecule has 56 heavy (non-hydrogen) atoms. The first kappa shape index (κ1) is 36.2. The average Bonchev–Trinajstić information content (AvgIpc) is 3.95. The minimum absolute atomic E-state index is 0.0192. The van der Waals surface area contributed by atoms with Gasteiger partial charge in [-0.2, -0.15) is 10.2 Å². The van der Waals surface area contributed by atoms with Gasteiger partial charge in [0.25, 0.3) is 5.91 Å². The van der Waals surface area contributed by atoms with E-state index in [4.69, 9.17) is 30.9 Å². The van der Waals surface area contributed by atoms with Gasteiger partial charge in [0.1, 0.15) is 53.0 Å². The molecular weight excluding hydrogens is 718 g/mol. The maximum absolute atomic E-state index is 13.7. The van der Waals surface area contributed by atoms with Crippen molar-refractivity contribution in [2.45, 2.75) is 72.1 Å². The van der Waals surface area contributed by atoms with Gasteiger partial charge in [0.05, 0.1) is 40.9 Å². The molecule has 0 saturated heterocycles. The first-order chi connectivity index (χ1) is 26.9. The number of amides is 3. The topological polar surface area (TPSA) is 222 Å². The highest BCUT2D eigenvalue weighted by molar-refractivity contribution is 6.04. The molecule has 0 fully saturated rings. The predicted octanol–water partition coefficient (Wildman–Crippen LogP) is 4.21. The maximum atomic E-state index is 13.7. The lowest BCUT2D eigenvalue weighted by Crippen LogP contribution is -2.26. The highest BCUT2D eigenvalue weighted by atomic mass is 16.5. The Hall–Kier alpha value is -6.78. The molecule has 2 aliphatic rings. The highest BCUT2D eigenvalue weighted by Gasteiger charge is 2.31. The smallest absolute Gasteiger partial charge is 0.276 e. The summed E-state index contributed by atoms with van der Waals surface area (Å²) in [5, 5.41) is 11.8. The van der Waals surface area contributed by atoms with E-state index in [0.717, 1.165) is 5.69 Å². The Morgan fingerprint density at radius 2 is 1.27 bits per heavy atom. The van der Waals surface area contributed by atoms with Gasteiger partial charge in [0.2, 0.25) is 17.8 Å². The van der Waals surface area contributed by atoms with E-state index in [0.29, 0.717) is 88.4 Å². The van der Waals surface area contributed by atoms with Crippen LogP contribution in [0.15, 0.2) is 48.6 Å². The summed E-state index contributed by atoms with van der Waals surface area (Å²) in [5.74, 6) is 0.0584. The number of allylic oxidation sites excluding steroid dienone is 2. The molecule has 0 unspecified atom stereocenters. The molecule has 17 nitrogen and oxygen atoms in total. The molecule has 0 spiro atoms. The molecule has 0 aliphatic carbocycles. The van der Waals surface area contributed by atoms with Crippen LogP contribution in [0.5, 0.6) is 11.5 Å². The number of anilines is 1. The molecule has 0 saturated carbocycles. The number of primary amides is 2. The zero-order chi connectivity index (χ0) is 39.4. The second-order valence-corrected chi connectivity index (χ2v) is 14.0. The molecule has 2 aromatic carbocycles. The Morgan fingerprint density at radius 3 is 1.84 bits per heavy atom. The number of rotatable bonds is 13. The molecule has 0 radical (unpaired) electrons. The fourth-order valence-corrected chi connectivity index (χ4v) is 7.66. The van der Waals surface area contributed by atoms with Crippen molar-refractivity contribution in [2.75, 3.05) is 18.5 Å². The number of carbonyl (C=O) groups excluding carboxylic acids is 4. The number of aromatic nitrogens is 8. The normalized spacial score (nSPS) is 16.0. The number of hydrogen-bond acceptors (Lipinski definition) is 10. The number of ether oxygens (including phenoxy) is 2. The molecule has 2 aliphatic heterocycles. The van der Waals surface area contributed by atoms with Gasteiger partial charge in [-0.3, -0.25) is 38.4 Å². The predicted molar refractivity (Wildman–Crippen MR) is 205 cm³/mol. The fourth-order valence-electron chi connectivity index (χ4n) is 7.66. The number of hydrogen-bond donors (Lipinski definition) is 3. The van der Waals surface area contributed by atoms with Crippen molar-refractivity contribution in [1.29, 1.82) is 0 Å². The quantitative estimate of drug-likeness (QED) is 0.112. The summed E-state index contributed by atoms with van der Waals surface area (Å²) in [6.07, 6.45) is 5.15. The third-order valence-corrected chi connectivity index (χ3v) is 10.2. The summed E-state index contributed by atoms with van der Waals surface area (Å²) in [6.45, 7) is 9.09. The van der Waals surface area contributed by atoms with E-state index < -0.39 is 11.8 Å². The minimum Gasteiger partial charge on any atom is -0.489 e. The van der Waals surface area contributed by atoms with Crippen LogP contribution in [0.3, 0.4) is 0 Å². The standard InChI is InChI=1S/C39H41N11O6/c1-5-47-28(11-20(3)45-47)30(51)17-33-42-26-13-22(36(40)52)15-31-34(26)49(33)24(18-55-31)9-7-8-10-25-19-56-32-16-23(37(41)53)14-27-35(32)50(25)39(43-27)44-38(54)29-12-21(4)46-48(29)6-2/h7-8,11-16,24-25H,5-6,9-10,17-19H2,1-4H3,(H2,40,52)(H2,41,53)(H,43,44,54)/b8-7+/t24-,25-/m0/s1. The van der Waals surface area contributed by atoms with Gasteiger partial charge in [-0.15, -0.1) is 0 Å². The molecule has 17 heteroatoms. The Balaban J connectivity index is 1.08. The van der Waals surface area contributed by atoms with E-state index in [1.54, 1.807) is 45.8 Å². The second-order valence-electron chi connectivity index (χ2n) is 14.0. The van der Waals surface area contributed by atoms with Crippen molar-refractivity contribution in [2.24, 2.45) is 11.5 Å². The number of carbonyl (C=O) groups is 4. The minimum atomic E-state index is -0.618. The van der Waals surface area contributed by atoms with E-state index in [1.807, 2.05) is 49.0 Å². The van der Waals surface area contributed by atoms with E-state index in [1.165, 1.54) is 0 Å². The molecular formula is C39H41N11O6. The van der Waals surface area contributed by atoms with Gasteiger partial charge in [0.15, 0.2) is 5.78 Å². The lowest BCUT2D eigenvalue weighted by atomic mass is 10.1. The molecule has 4 aromatic heterocycles. The maximum Gasteiger partial charge on any atom is 0.276 e. The monoisotopic (exact) mass is 759 g/mol. The number of nitrogens with one attached hydrogen (secondary N) is 1. The van der Waals surface area contributed by atoms with E-state index >= 15 is 0 Å². The molecule has 0 bridgehead atoms. The average molecular weight is 760 g/mol. The molecule has 288 valence electrons. The number of benzene rings is 2. The van der Waals surface area contributed by atoms with E-state index in [9.17, 15) is 19.2 Å². The first-order valence-electron chi connectivity index (χ1n) is 18.5. The number of nitrogens with zero attached hydrogens (tertiary/aromatic N) is 8. The van der Waals surface area contributed by atoms with Crippen LogP contribution in [0.1, 0.15) is 97.7 Å². The van der Waals surface area contributed by atoms with Gasteiger partial charge < -0.3 is 25.5 Å². The molecule has 3 amide bonds. The third-order valence-electron chi connectivity index (χ3n) is 10.2. The summed E-state index contributed by atoms with van der Waals surface area (Å²) in [4.78, 5) is 61.1. The Bertz CT molecular complexity index is 2450. The number of aryl methyl sites for hydroxylation is 4. The fraction of sp³-hybridized carbons (Fsp3) is 0.333. The molecule has 8 rings (SSSR count). The van der Waals surface area contributed by atoms with Crippen LogP contribution < -0.4 is 26.3 Å². The van der Waals surface area contributed by atoms with Crippen molar-refractivity contribution in [3.05, 3.63) is 88.3 Å². The van der Waals surface area contributed by atoms with Crippen molar-refractivity contribution in [3.63, 3.8) is 0 Å². The summed E-state index contributed by atoms with van der Waals surface area (Å²) in [5.41, 5.74) is 16.4.